The van der Waals surface area contributed by atoms with Gasteiger partial charge in [-0.15, -0.1) is 0 Å². The molecule has 120 valence electrons. The Hall–Kier alpha value is -3.01. The highest BCUT2D eigenvalue weighted by molar-refractivity contribution is 6.04. The van der Waals surface area contributed by atoms with Crippen molar-refractivity contribution in [3.8, 4) is 0 Å². The first kappa shape index (κ1) is 15.9. The molecule has 0 aliphatic heterocycles. The van der Waals surface area contributed by atoms with Crippen LogP contribution in [-0.4, -0.2) is 15.9 Å². The molecule has 24 heavy (non-hydrogen) atoms. The zero-order valence-electron chi connectivity index (χ0n) is 13.8. The molecule has 4 nitrogen and oxygen atoms in total. The van der Waals surface area contributed by atoms with Gasteiger partial charge in [0.1, 0.15) is 5.69 Å². The van der Waals surface area contributed by atoms with Gasteiger partial charge in [0.2, 0.25) is 0 Å². The predicted molar refractivity (Wildman–Crippen MR) is 94.9 cm³/mol. The standard InChI is InChI=1S/C20H19N3O/c1-15-7-6-10-18(11-15)23(14-17-8-4-3-5-9-17)20(24)19-13-21-16(2)12-22-19/h3-13H,14H2,1-2H3. The average molecular weight is 317 g/mol. The number of amides is 1. The molecule has 0 aliphatic carbocycles. The lowest BCUT2D eigenvalue weighted by atomic mass is 10.1. The molecule has 0 bridgehead atoms. The van der Waals surface area contributed by atoms with E-state index in [9.17, 15) is 4.79 Å². The van der Waals surface area contributed by atoms with Gasteiger partial charge >= 0.3 is 0 Å². The molecule has 2 aromatic carbocycles. The Kier molecular flexibility index (Phi) is 4.66. The Morgan fingerprint density at radius 3 is 2.42 bits per heavy atom. The third-order valence-corrected chi connectivity index (χ3v) is 3.74. The summed E-state index contributed by atoms with van der Waals surface area (Å²) < 4.78 is 0. The van der Waals surface area contributed by atoms with E-state index in [0.717, 1.165) is 22.5 Å². The molecule has 0 saturated carbocycles. The molecule has 0 unspecified atom stereocenters. The van der Waals surface area contributed by atoms with Crippen LogP contribution in [0.5, 0.6) is 0 Å². The zero-order chi connectivity index (χ0) is 16.9. The highest BCUT2D eigenvalue weighted by Crippen LogP contribution is 2.21. The largest absolute Gasteiger partial charge is 0.303 e. The van der Waals surface area contributed by atoms with E-state index in [4.69, 9.17) is 0 Å². The fourth-order valence-electron chi connectivity index (χ4n) is 2.48. The van der Waals surface area contributed by atoms with Gasteiger partial charge in [-0.2, -0.15) is 0 Å². The second-order valence-corrected chi connectivity index (χ2v) is 5.76. The van der Waals surface area contributed by atoms with E-state index in [1.807, 2.05) is 68.4 Å². The van der Waals surface area contributed by atoms with Crippen molar-refractivity contribution in [2.75, 3.05) is 4.90 Å². The van der Waals surface area contributed by atoms with E-state index < -0.39 is 0 Å². The number of rotatable bonds is 4. The molecule has 0 aliphatic rings. The van der Waals surface area contributed by atoms with Crippen LogP contribution in [0, 0.1) is 13.8 Å². The Morgan fingerprint density at radius 1 is 0.958 bits per heavy atom. The number of nitrogens with zero attached hydrogens (tertiary/aromatic N) is 3. The zero-order valence-corrected chi connectivity index (χ0v) is 13.8. The van der Waals surface area contributed by atoms with Gasteiger partial charge in [0.25, 0.3) is 5.91 Å². The molecule has 0 radical (unpaired) electrons. The first-order chi connectivity index (χ1) is 11.6. The smallest absolute Gasteiger partial charge is 0.278 e. The second kappa shape index (κ2) is 7.04. The van der Waals surface area contributed by atoms with Crippen LogP contribution >= 0.6 is 0 Å². The first-order valence-electron chi connectivity index (χ1n) is 7.84. The number of benzene rings is 2. The molecule has 1 heterocycles. The van der Waals surface area contributed by atoms with Gasteiger partial charge in [0.15, 0.2) is 0 Å². The van der Waals surface area contributed by atoms with Crippen LogP contribution in [0.2, 0.25) is 0 Å². The van der Waals surface area contributed by atoms with E-state index in [1.54, 1.807) is 11.1 Å². The van der Waals surface area contributed by atoms with Gasteiger partial charge < -0.3 is 4.90 Å². The number of aromatic nitrogens is 2. The van der Waals surface area contributed by atoms with Crippen molar-refractivity contribution >= 4 is 11.6 Å². The monoisotopic (exact) mass is 317 g/mol. The van der Waals surface area contributed by atoms with Gasteiger partial charge in [-0.25, -0.2) is 4.98 Å². The van der Waals surface area contributed by atoms with Crippen molar-refractivity contribution in [2.45, 2.75) is 20.4 Å². The number of aryl methyl sites for hydroxylation is 2. The van der Waals surface area contributed by atoms with E-state index in [-0.39, 0.29) is 5.91 Å². The van der Waals surface area contributed by atoms with Crippen molar-refractivity contribution in [2.24, 2.45) is 0 Å². The molecule has 1 aromatic heterocycles. The number of hydrogen-bond acceptors (Lipinski definition) is 3. The summed E-state index contributed by atoms with van der Waals surface area (Å²) in [6.45, 7) is 4.35. The van der Waals surface area contributed by atoms with E-state index in [2.05, 4.69) is 9.97 Å². The number of anilines is 1. The maximum absolute atomic E-state index is 13.0. The summed E-state index contributed by atoms with van der Waals surface area (Å²) >= 11 is 0. The molecule has 3 rings (SSSR count). The number of hydrogen-bond donors (Lipinski definition) is 0. The lowest BCUT2D eigenvalue weighted by Crippen LogP contribution is -2.31. The Balaban J connectivity index is 1.97. The summed E-state index contributed by atoms with van der Waals surface area (Å²) in [7, 11) is 0. The van der Waals surface area contributed by atoms with Crippen LogP contribution in [0.1, 0.15) is 27.3 Å². The van der Waals surface area contributed by atoms with Crippen LogP contribution in [0.25, 0.3) is 0 Å². The van der Waals surface area contributed by atoms with Crippen LogP contribution < -0.4 is 4.90 Å². The van der Waals surface area contributed by atoms with Gasteiger partial charge in [-0.3, -0.25) is 9.78 Å². The van der Waals surface area contributed by atoms with Gasteiger partial charge in [0.05, 0.1) is 18.4 Å². The summed E-state index contributed by atoms with van der Waals surface area (Å²) in [5.41, 5.74) is 4.15. The maximum atomic E-state index is 13.0. The van der Waals surface area contributed by atoms with Crippen molar-refractivity contribution in [3.63, 3.8) is 0 Å². The minimum absolute atomic E-state index is 0.156. The fourth-order valence-corrected chi connectivity index (χ4v) is 2.48. The third-order valence-electron chi connectivity index (χ3n) is 3.74. The minimum Gasteiger partial charge on any atom is -0.303 e. The minimum atomic E-state index is -0.156. The predicted octanol–water partition coefficient (Wildman–Crippen LogP) is 3.94. The highest BCUT2D eigenvalue weighted by Gasteiger charge is 2.19. The highest BCUT2D eigenvalue weighted by atomic mass is 16.2. The molecule has 0 N–H and O–H groups in total. The molecule has 1 amide bonds. The normalized spacial score (nSPS) is 10.4. The van der Waals surface area contributed by atoms with Crippen LogP contribution in [-0.2, 0) is 6.54 Å². The lowest BCUT2D eigenvalue weighted by molar-refractivity contribution is 0.0980. The Labute approximate surface area is 141 Å². The molecule has 4 heteroatoms. The average Bonchev–Trinajstić information content (AvgIpc) is 2.61. The Morgan fingerprint density at radius 2 is 1.75 bits per heavy atom. The summed E-state index contributed by atoms with van der Waals surface area (Å²) in [5, 5.41) is 0. The number of carbonyl (C=O) groups excluding carboxylic acids is 1. The molecule has 0 atom stereocenters. The lowest BCUT2D eigenvalue weighted by Gasteiger charge is -2.23. The SMILES string of the molecule is Cc1cccc(N(Cc2ccccc2)C(=O)c2cnc(C)cn2)c1. The summed E-state index contributed by atoms with van der Waals surface area (Å²) in [4.78, 5) is 23.2. The van der Waals surface area contributed by atoms with Gasteiger partial charge in [-0.05, 0) is 37.1 Å². The molecule has 0 saturated heterocycles. The summed E-state index contributed by atoms with van der Waals surface area (Å²) in [5.74, 6) is -0.156. The second-order valence-electron chi connectivity index (χ2n) is 5.76. The van der Waals surface area contributed by atoms with Crippen LogP contribution in [0.15, 0.2) is 67.0 Å². The van der Waals surface area contributed by atoms with Crippen LogP contribution in [0.4, 0.5) is 5.69 Å². The quantitative estimate of drug-likeness (QED) is 0.732. The summed E-state index contributed by atoms with van der Waals surface area (Å²) in [6.07, 6.45) is 3.15. The van der Waals surface area contributed by atoms with Crippen LogP contribution in [0.3, 0.4) is 0 Å². The Bertz CT molecular complexity index is 829. The van der Waals surface area contributed by atoms with Crippen molar-refractivity contribution in [3.05, 3.63) is 89.5 Å². The molecule has 0 fully saturated rings. The van der Waals surface area contributed by atoms with E-state index in [0.29, 0.717) is 12.2 Å². The fraction of sp³-hybridized carbons (Fsp3) is 0.150. The molecular weight excluding hydrogens is 298 g/mol. The molecule has 0 spiro atoms. The number of carbonyl (C=O) groups is 1. The first-order valence-corrected chi connectivity index (χ1v) is 7.84. The molecular formula is C20H19N3O. The van der Waals surface area contributed by atoms with Gasteiger partial charge in [0, 0.05) is 11.9 Å². The summed E-state index contributed by atoms with van der Waals surface area (Å²) in [6, 6.07) is 17.8. The van der Waals surface area contributed by atoms with Gasteiger partial charge in [-0.1, -0.05) is 42.5 Å². The van der Waals surface area contributed by atoms with E-state index >= 15 is 0 Å². The van der Waals surface area contributed by atoms with E-state index in [1.165, 1.54) is 6.20 Å². The molecule has 3 aromatic rings. The topological polar surface area (TPSA) is 46.1 Å². The van der Waals surface area contributed by atoms with Crippen molar-refractivity contribution < 1.29 is 4.79 Å². The van der Waals surface area contributed by atoms with Crippen molar-refractivity contribution in [1.29, 1.82) is 0 Å². The third kappa shape index (κ3) is 3.66. The maximum Gasteiger partial charge on any atom is 0.278 e. The van der Waals surface area contributed by atoms with Crippen molar-refractivity contribution in [1.82, 2.24) is 9.97 Å².